The number of rotatable bonds is 8. The molecule has 0 saturated carbocycles. The van der Waals surface area contributed by atoms with Crippen molar-refractivity contribution < 1.29 is 19.3 Å². The summed E-state index contributed by atoms with van der Waals surface area (Å²) in [5.41, 5.74) is 1.21. The Kier molecular flexibility index (Phi) is 7.77. The number of amides is 3. The molecule has 192 valence electrons. The van der Waals surface area contributed by atoms with Gasteiger partial charge in [-0.15, -0.1) is 0 Å². The van der Waals surface area contributed by atoms with E-state index < -0.39 is 28.8 Å². The summed E-state index contributed by atoms with van der Waals surface area (Å²) in [6.07, 6.45) is 0. The van der Waals surface area contributed by atoms with Crippen LogP contribution in [0.5, 0.6) is 0 Å². The molecule has 2 N–H and O–H groups in total. The van der Waals surface area contributed by atoms with Gasteiger partial charge in [-0.25, -0.2) is 0 Å². The van der Waals surface area contributed by atoms with E-state index in [1.807, 2.05) is 36.4 Å². The Bertz CT molecular complexity index is 1480. The van der Waals surface area contributed by atoms with E-state index in [-0.39, 0.29) is 11.6 Å². The summed E-state index contributed by atoms with van der Waals surface area (Å²) in [5, 5.41) is 18.1. The zero-order valence-electron chi connectivity index (χ0n) is 20.8. The van der Waals surface area contributed by atoms with Crippen molar-refractivity contribution in [2.45, 2.75) is 19.0 Å². The van der Waals surface area contributed by atoms with Crippen molar-refractivity contribution in [2.24, 2.45) is 0 Å². The molecular weight excluding hydrogens is 484 g/mol. The van der Waals surface area contributed by atoms with Crippen LogP contribution in [0.1, 0.15) is 28.9 Å². The molecule has 4 aromatic carbocycles. The molecule has 0 saturated heterocycles. The maximum absolute atomic E-state index is 13.4. The van der Waals surface area contributed by atoms with Crippen molar-refractivity contribution in [2.75, 3.05) is 11.9 Å². The maximum atomic E-state index is 13.4. The van der Waals surface area contributed by atoms with Crippen LogP contribution in [0.25, 0.3) is 10.8 Å². The fourth-order valence-electron chi connectivity index (χ4n) is 4.15. The van der Waals surface area contributed by atoms with Gasteiger partial charge in [-0.1, -0.05) is 54.6 Å². The number of carbonyl (C=O) groups excluding carboxylic acids is 3. The lowest BCUT2D eigenvalue weighted by Gasteiger charge is -2.25. The molecular formula is C29H26N4O5. The molecule has 0 aliphatic carbocycles. The highest BCUT2D eigenvalue weighted by atomic mass is 16.6. The fraction of sp³-hybridized carbons (Fsp3) is 0.138. The molecule has 4 aromatic rings. The summed E-state index contributed by atoms with van der Waals surface area (Å²) in [4.78, 5) is 51.8. The molecule has 0 aliphatic rings. The molecule has 2 atom stereocenters. The highest BCUT2D eigenvalue weighted by Gasteiger charge is 2.28. The number of nitrogens with one attached hydrogen (secondary N) is 2. The zero-order chi connectivity index (χ0) is 27.2. The van der Waals surface area contributed by atoms with E-state index in [2.05, 4.69) is 10.6 Å². The SMILES string of the molecule is CC(NC(=O)[C@@H](NC(=O)c1cccc2ccccc12)c1ccc([N+](=O)[O-])cc1)C(=O)N(C)c1ccccc1. The van der Waals surface area contributed by atoms with Crippen molar-refractivity contribution in [1.82, 2.24) is 10.6 Å². The highest BCUT2D eigenvalue weighted by Crippen LogP contribution is 2.22. The number of likely N-dealkylation sites (N-methyl/N-ethyl adjacent to an activating group) is 1. The zero-order valence-corrected chi connectivity index (χ0v) is 20.8. The lowest BCUT2D eigenvalue weighted by atomic mass is 10.0. The van der Waals surface area contributed by atoms with E-state index in [1.165, 1.54) is 29.2 Å². The van der Waals surface area contributed by atoms with Crippen molar-refractivity contribution in [1.29, 1.82) is 0 Å². The second kappa shape index (κ2) is 11.3. The molecule has 38 heavy (non-hydrogen) atoms. The number of nitro benzene ring substituents is 1. The van der Waals surface area contributed by atoms with E-state index in [0.29, 0.717) is 22.2 Å². The molecule has 0 fully saturated rings. The Morgan fingerprint density at radius 2 is 1.45 bits per heavy atom. The number of fused-ring (bicyclic) bond motifs is 1. The predicted molar refractivity (Wildman–Crippen MR) is 145 cm³/mol. The first-order valence-corrected chi connectivity index (χ1v) is 11.9. The molecule has 9 nitrogen and oxygen atoms in total. The highest BCUT2D eigenvalue weighted by molar-refractivity contribution is 6.08. The van der Waals surface area contributed by atoms with Crippen LogP contribution in [0, 0.1) is 10.1 Å². The van der Waals surface area contributed by atoms with Crippen LogP contribution < -0.4 is 15.5 Å². The van der Waals surface area contributed by atoms with Crippen LogP contribution in [0.15, 0.2) is 97.1 Å². The van der Waals surface area contributed by atoms with Gasteiger partial charge in [0, 0.05) is 30.4 Å². The van der Waals surface area contributed by atoms with Crippen LogP contribution in [0.2, 0.25) is 0 Å². The van der Waals surface area contributed by atoms with Crippen LogP contribution in [0.3, 0.4) is 0 Å². The minimum atomic E-state index is -1.21. The Balaban J connectivity index is 1.60. The number of para-hydroxylation sites is 1. The molecule has 0 radical (unpaired) electrons. The normalized spacial score (nSPS) is 12.3. The van der Waals surface area contributed by atoms with E-state index in [9.17, 15) is 24.5 Å². The van der Waals surface area contributed by atoms with E-state index >= 15 is 0 Å². The number of nitro groups is 1. The first kappa shape index (κ1) is 26.0. The van der Waals surface area contributed by atoms with Crippen LogP contribution in [0.4, 0.5) is 11.4 Å². The topological polar surface area (TPSA) is 122 Å². The van der Waals surface area contributed by atoms with Crippen LogP contribution in [-0.4, -0.2) is 35.7 Å². The molecule has 0 aliphatic heterocycles. The van der Waals surface area contributed by atoms with Gasteiger partial charge in [0.05, 0.1) is 4.92 Å². The van der Waals surface area contributed by atoms with Crippen LogP contribution >= 0.6 is 0 Å². The van der Waals surface area contributed by atoms with Crippen molar-refractivity contribution >= 4 is 39.9 Å². The molecule has 1 unspecified atom stereocenters. The van der Waals surface area contributed by atoms with Gasteiger partial charge in [0.15, 0.2) is 0 Å². The van der Waals surface area contributed by atoms with Gasteiger partial charge in [-0.05, 0) is 53.6 Å². The summed E-state index contributed by atoms with van der Waals surface area (Å²) in [5.74, 6) is -1.48. The Labute approximate surface area is 219 Å². The summed E-state index contributed by atoms with van der Waals surface area (Å²) in [7, 11) is 1.61. The van der Waals surface area contributed by atoms with E-state index in [0.717, 1.165) is 5.39 Å². The Hall–Kier alpha value is -5.05. The van der Waals surface area contributed by atoms with Crippen molar-refractivity contribution in [3.8, 4) is 0 Å². The fourth-order valence-corrected chi connectivity index (χ4v) is 4.15. The summed E-state index contributed by atoms with van der Waals surface area (Å²) in [6.45, 7) is 1.55. The second-order valence-electron chi connectivity index (χ2n) is 8.74. The first-order chi connectivity index (χ1) is 18.3. The molecule has 0 spiro atoms. The average Bonchev–Trinajstić information content (AvgIpc) is 2.95. The Morgan fingerprint density at radius 3 is 2.13 bits per heavy atom. The minimum absolute atomic E-state index is 0.152. The Morgan fingerprint density at radius 1 is 0.816 bits per heavy atom. The number of hydrogen-bond acceptors (Lipinski definition) is 5. The van der Waals surface area contributed by atoms with Gasteiger partial charge in [0.25, 0.3) is 11.6 Å². The number of carbonyl (C=O) groups is 3. The minimum Gasteiger partial charge on any atom is -0.342 e. The molecule has 9 heteroatoms. The van der Waals surface area contributed by atoms with Crippen LogP contribution in [-0.2, 0) is 9.59 Å². The van der Waals surface area contributed by atoms with Crippen molar-refractivity contribution in [3.63, 3.8) is 0 Å². The third-order valence-corrected chi connectivity index (χ3v) is 6.21. The largest absolute Gasteiger partial charge is 0.342 e. The summed E-state index contributed by atoms with van der Waals surface area (Å²) >= 11 is 0. The lowest BCUT2D eigenvalue weighted by Crippen LogP contribution is -2.49. The molecule has 0 bridgehead atoms. The summed E-state index contributed by atoms with van der Waals surface area (Å²) < 4.78 is 0. The smallest absolute Gasteiger partial charge is 0.269 e. The monoisotopic (exact) mass is 510 g/mol. The average molecular weight is 511 g/mol. The number of non-ortho nitro benzene ring substituents is 1. The number of anilines is 1. The number of benzene rings is 4. The maximum Gasteiger partial charge on any atom is 0.269 e. The number of nitrogens with zero attached hydrogens (tertiary/aromatic N) is 2. The second-order valence-corrected chi connectivity index (χ2v) is 8.74. The van der Waals surface area contributed by atoms with Crippen molar-refractivity contribution in [3.05, 3.63) is 118 Å². The van der Waals surface area contributed by atoms with Gasteiger partial charge in [0.2, 0.25) is 11.8 Å². The molecule has 4 rings (SSSR count). The standard InChI is InChI=1S/C29H26N4O5/c1-19(29(36)32(2)22-11-4-3-5-12-22)30-28(35)26(21-15-17-23(18-16-21)33(37)38)31-27(34)25-14-8-10-20-9-6-7-13-24(20)25/h3-19,26H,1-2H3,(H,30,35)(H,31,34)/t19?,26-/m0/s1. The van der Waals surface area contributed by atoms with Gasteiger partial charge in [-0.2, -0.15) is 0 Å². The molecule has 0 aromatic heterocycles. The lowest BCUT2D eigenvalue weighted by molar-refractivity contribution is -0.384. The summed E-state index contributed by atoms with van der Waals surface area (Å²) in [6, 6.07) is 24.9. The van der Waals surface area contributed by atoms with Gasteiger partial charge in [0.1, 0.15) is 12.1 Å². The van der Waals surface area contributed by atoms with E-state index in [1.54, 1.807) is 50.4 Å². The third-order valence-electron chi connectivity index (χ3n) is 6.21. The first-order valence-electron chi connectivity index (χ1n) is 11.9. The van der Waals surface area contributed by atoms with E-state index in [4.69, 9.17) is 0 Å². The van der Waals surface area contributed by atoms with Gasteiger partial charge < -0.3 is 15.5 Å². The molecule has 3 amide bonds. The molecule has 0 heterocycles. The quantitative estimate of drug-likeness (QED) is 0.269. The third kappa shape index (κ3) is 5.67. The predicted octanol–water partition coefficient (Wildman–Crippen LogP) is 4.39. The number of hydrogen-bond donors (Lipinski definition) is 2. The van der Waals surface area contributed by atoms with Gasteiger partial charge >= 0.3 is 0 Å². The van der Waals surface area contributed by atoms with Gasteiger partial charge in [-0.3, -0.25) is 24.5 Å².